The van der Waals surface area contributed by atoms with Crippen LogP contribution in [0.2, 0.25) is 0 Å². The second-order valence-corrected chi connectivity index (χ2v) is 3.63. The summed E-state index contributed by atoms with van der Waals surface area (Å²) in [6.07, 6.45) is 1.26. The Morgan fingerprint density at radius 3 is 2.45 bits per heavy atom. The van der Waals surface area contributed by atoms with E-state index in [4.69, 9.17) is 5.11 Å². The number of nitrogens with zero attached hydrogens (tertiary/aromatic N) is 4. The van der Waals surface area contributed by atoms with Crippen molar-refractivity contribution in [1.29, 1.82) is 0 Å². The van der Waals surface area contributed by atoms with Crippen LogP contribution in [0.4, 0.5) is 13.2 Å². The standard InChI is InChI=1S/C11H7F3N4O2/c12-11(13,14)8-3-4-18(17-8)10-15-5-7(6-16-10)1-2-9(19)20/h1-6H,(H,19,20)/b2-1+. The van der Waals surface area contributed by atoms with Gasteiger partial charge in [0, 0.05) is 30.2 Å². The highest BCUT2D eigenvalue weighted by atomic mass is 19.4. The topological polar surface area (TPSA) is 80.9 Å². The number of aliphatic carboxylic acids is 1. The lowest BCUT2D eigenvalue weighted by molar-refractivity contribution is -0.141. The van der Waals surface area contributed by atoms with Crippen molar-refractivity contribution in [2.75, 3.05) is 0 Å². The van der Waals surface area contributed by atoms with Crippen LogP contribution in [0.1, 0.15) is 11.3 Å². The zero-order valence-corrected chi connectivity index (χ0v) is 9.74. The highest BCUT2D eigenvalue weighted by Crippen LogP contribution is 2.27. The lowest BCUT2D eigenvalue weighted by Crippen LogP contribution is -2.08. The van der Waals surface area contributed by atoms with Crippen molar-refractivity contribution < 1.29 is 23.1 Å². The summed E-state index contributed by atoms with van der Waals surface area (Å²) in [6.45, 7) is 0. The number of hydrogen-bond acceptors (Lipinski definition) is 4. The van der Waals surface area contributed by atoms with Gasteiger partial charge in [0.15, 0.2) is 5.69 Å². The zero-order valence-electron chi connectivity index (χ0n) is 9.74. The van der Waals surface area contributed by atoms with Crippen LogP contribution >= 0.6 is 0 Å². The van der Waals surface area contributed by atoms with Crippen LogP contribution in [0.25, 0.3) is 12.0 Å². The van der Waals surface area contributed by atoms with Crippen molar-refractivity contribution in [2.45, 2.75) is 6.18 Å². The number of carboxylic acids is 1. The molecule has 6 nitrogen and oxygen atoms in total. The first-order valence-corrected chi connectivity index (χ1v) is 5.22. The van der Waals surface area contributed by atoms with E-state index in [1.165, 1.54) is 18.5 Å². The van der Waals surface area contributed by atoms with E-state index in [1.54, 1.807) is 0 Å². The van der Waals surface area contributed by atoms with Gasteiger partial charge < -0.3 is 5.11 Å². The van der Waals surface area contributed by atoms with E-state index in [0.29, 0.717) is 5.56 Å². The summed E-state index contributed by atoms with van der Waals surface area (Å²) < 4.78 is 38.0. The maximum absolute atomic E-state index is 12.4. The maximum atomic E-state index is 12.4. The van der Waals surface area contributed by atoms with Crippen LogP contribution in [0.15, 0.2) is 30.7 Å². The molecule has 2 heterocycles. The molecule has 0 saturated heterocycles. The minimum Gasteiger partial charge on any atom is -0.478 e. The van der Waals surface area contributed by atoms with Crippen molar-refractivity contribution in [3.63, 3.8) is 0 Å². The fraction of sp³-hybridized carbons (Fsp3) is 0.0909. The summed E-state index contributed by atoms with van der Waals surface area (Å²) in [6, 6.07) is 0.807. The van der Waals surface area contributed by atoms with Crippen LogP contribution in [0.5, 0.6) is 0 Å². The van der Waals surface area contributed by atoms with Crippen LogP contribution in [0, 0.1) is 0 Å². The smallest absolute Gasteiger partial charge is 0.435 e. The van der Waals surface area contributed by atoms with E-state index in [2.05, 4.69) is 15.1 Å². The normalized spacial score (nSPS) is 11.9. The van der Waals surface area contributed by atoms with Gasteiger partial charge in [0.05, 0.1) is 0 Å². The largest absolute Gasteiger partial charge is 0.478 e. The molecule has 0 unspecified atom stereocenters. The average molecular weight is 284 g/mol. The molecule has 0 aromatic carbocycles. The van der Waals surface area contributed by atoms with E-state index in [1.807, 2.05) is 0 Å². The Hall–Kier alpha value is -2.71. The lowest BCUT2D eigenvalue weighted by Gasteiger charge is -2.01. The number of hydrogen-bond donors (Lipinski definition) is 1. The summed E-state index contributed by atoms with van der Waals surface area (Å²) in [4.78, 5) is 17.9. The number of rotatable bonds is 3. The van der Waals surface area contributed by atoms with Gasteiger partial charge in [0.1, 0.15) is 0 Å². The third-order valence-electron chi connectivity index (χ3n) is 2.16. The van der Waals surface area contributed by atoms with E-state index >= 15 is 0 Å². The van der Waals surface area contributed by atoms with Gasteiger partial charge in [-0.3, -0.25) is 0 Å². The molecule has 0 amide bonds. The van der Waals surface area contributed by atoms with Crippen molar-refractivity contribution in [3.05, 3.63) is 42.0 Å². The Morgan fingerprint density at radius 2 is 1.95 bits per heavy atom. The Kier molecular flexibility index (Phi) is 3.51. The van der Waals surface area contributed by atoms with Crippen LogP contribution < -0.4 is 0 Å². The second kappa shape index (κ2) is 5.11. The first-order valence-electron chi connectivity index (χ1n) is 5.22. The van der Waals surface area contributed by atoms with Crippen molar-refractivity contribution in [3.8, 4) is 5.95 Å². The quantitative estimate of drug-likeness (QED) is 0.869. The monoisotopic (exact) mass is 284 g/mol. The maximum Gasteiger partial charge on any atom is 0.435 e. The molecule has 0 aliphatic rings. The predicted octanol–water partition coefficient (Wildman–Crippen LogP) is 1.78. The minimum absolute atomic E-state index is 0.0482. The van der Waals surface area contributed by atoms with Crippen LogP contribution in [-0.4, -0.2) is 30.8 Å². The number of aromatic nitrogens is 4. The second-order valence-electron chi connectivity index (χ2n) is 3.63. The van der Waals surface area contributed by atoms with Gasteiger partial charge in [-0.25, -0.2) is 19.4 Å². The average Bonchev–Trinajstić information content (AvgIpc) is 2.86. The molecule has 0 atom stereocenters. The van der Waals surface area contributed by atoms with Crippen molar-refractivity contribution >= 4 is 12.0 Å². The van der Waals surface area contributed by atoms with Gasteiger partial charge in [-0.1, -0.05) is 0 Å². The highest BCUT2D eigenvalue weighted by Gasteiger charge is 2.33. The van der Waals surface area contributed by atoms with Gasteiger partial charge in [-0.2, -0.15) is 18.3 Å². The van der Waals surface area contributed by atoms with Gasteiger partial charge >= 0.3 is 12.1 Å². The zero-order chi connectivity index (χ0) is 14.8. The number of carbonyl (C=O) groups is 1. The molecule has 20 heavy (non-hydrogen) atoms. The van der Waals surface area contributed by atoms with E-state index in [0.717, 1.165) is 23.0 Å². The molecular weight excluding hydrogens is 277 g/mol. The Labute approximate surface area is 110 Å². The third kappa shape index (κ3) is 3.19. The molecule has 1 N–H and O–H groups in total. The summed E-state index contributed by atoms with van der Waals surface area (Å²) in [5.74, 6) is -1.18. The minimum atomic E-state index is -4.53. The summed E-state index contributed by atoms with van der Waals surface area (Å²) in [7, 11) is 0. The molecule has 0 aliphatic carbocycles. The molecule has 0 fully saturated rings. The summed E-state index contributed by atoms with van der Waals surface area (Å²) in [5, 5.41) is 11.7. The molecule has 0 saturated carbocycles. The Bertz CT molecular complexity index is 646. The van der Waals surface area contributed by atoms with Crippen LogP contribution in [0.3, 0.4) is 0 Å². The third-order valence-corrected chi connectivity index (χ3v) is 2.16. The fourth-order valence-corrected chi connectivity index (χ4v) is 1.29. The van der Waals surface area contributed by atoms with Gasteiger partial charge in [0.25, 0.3) is 0 Å². The molecule has 0 aliphatic heterocycles. The SMILES string of the molecule is O=C(O)/C=C/c1cnc(-n2ccc(C(F)(F)F)n2)nc1. The first-order chi connectivity index (χ1) is 9.36. The predicted molar refractivity (Wildman–Crippen MR) is 60.8 cm³/mol. The number of alkyl halides is 3. The molecule has 9 heteroatoms. The molecule has 104 valence electrons. The van der Waals surface area contributed by atoms with E-state index in [-0.39, 0.29) is 5.95 Å². The Morgan fingerprint density at radius 1 is 1.30 bits per heavy atom. The lowest BCUT2D eigenvalue weighted by atomic mass is 10.3. The number of halogens is 3. The van der Waals surface area contributed by atoms with E-state index < -0.39 is 17.8 Å². The Balaban J connectivity index is 2.22. The van der Waals surface area contributed by atoms with Crippen molar-refractivity contribution in [1.82, 2.24) is 19.7 Å². The molecular formula is C11H7F3N4O2. The van der Waals surface area contributed by atoms with Gasteiger partial charge in [-0.05, 0) is 12.1 Å². The molecule has 2 aromatic heterocycles. The number of carboxylic acid groups (broad SMARTS) is 1. The molecule has 0 radical (unpaired) electrons. The van der Waals surface area contributed by atoms with Crippen molar-refractivity contribution in [2.24, 2.45) is 0 Å². The summed E-state index contributed by atoms with van der Waals surface area (Å²) >= 11 is 0. The highest BCUT2D eigenvalue weighted by molar-refractivity contribution is 5.85. The van der Waals surface area contributed by atoms with Gasteiger partial charge in [-0.15, -0.1) is 0 Å². The molecule has 2 rings (SSSR count). The first kappa shape index (κ1) is 13.7. The molecule has 0 bridgehead atoms. The molecule has 2 aromatic rings. The van der Waals surface area contributed by atoms with Crippen LogP contribution in [-0.2, 0) is 11.0 Å². The van der Waals surface area contributed by atoms with E-state index in [9.17, 15) is 18.0 Å². The summed E-state index contributed by atoms with van der Waals surface area (Å²) in [5.41, 5.74) is -0.643. The molecule has 0 spiro atoms. The fourth-order valence-electron chi connectivity index (χ4n) is 1.29. The van der Waals surface area contributed by atoms with Gasteiger partial charge in [0.2, 0.25) is 5.95 Å².